The van der Waals surface area contributed by atoms with Crippen LogP contribution in [0, 0.1) is 0 Å². The van der Waals surface area contributed by atoms with Crippen molar-refractivity contribution in [2.45, 2.75) is 25.6 Å². The van der Waals surface area contributed by atoms with E-state index in [0.29, 0.717) is 28.5 Å². The Balaban J connectivity index is 2.67. The number of rotatable bonds is 6. The zero-order chi connectivity index (χ0) is 14.4. The number of hydrogen-bond donors (Lipinski definition) is 2. The maximum Gasteiger partial charge on any atom is 0.185 e. The summed E-state index contributed by atoms with van der Waals surface area (Å²) in [6.45, 7) is 1.47. The summed E-state index contributed by atoms with van der Waals surface area (Å²) in [5.74, 6) is 0.984. The van der Waals surface area contributed by atoms with Gasteiger partial charge in [-0.1, -0.05) is 23.4 Å². The fraction of sp³-hybridized carbons (Fsp3) is 0.462. The molecule has 0 bridgehead atoms. The van der Waals surface area contributed by atoms with Crippen LogP contribution in [0.5, 0.6) is 5.75 Å². The van der Waals surface area contributed by atoms with E-state index in [2.05, 4.69) is 0 Å². The second kappa shape index (κ2) is 7.75. The van der Waals surface area contributed by atoms with E-state index in [4.69, 9.17) is 16.3 Å². The van der Waals surface area contributed by atoms with Crippen LogP contribution in [0.25, 0.3) is 0 Å². The lowest BCUT2D eigenvalue weighted by Gasteiger charge is -2.18. The first kappa shape index (κ1) is 16.3. The number of carbonyl (C=O) groups excluding carboxylic acids is 1. The Labute approximate surface area is 121 Å². The average Bonchev–Trinajstić information content (AvgIpc) is 2.36. The van der Waals surface area contributed by atoms with Gasteiger partial charge in [0.05, 0.1) is 13.2 Å². The van der Waals surface area contributed by atoms with Crippen LogP contribution in [0.4, 0.5) is 0 Å². The van der Waals surface area contributed by atoms with Gasteiger partial charge in [-0.05, 0) is 30.2 Å². The Morgan fingerprint density at radius 2 is 2.11 bits per heavy atom. The molecule has 0 heterocycles. The van der Waals surface area contributed by atoms with Gasteiger partial charge in [0.2, 0.25) is 0 Å². The van der Waals surface area contributed by atoms with Crippen LogP contribution in [0.3, 0.4) is 0 Å². The monoisotopic (exact) mass is 304 g/mol. The van der Waals surface area contributed by atoms with E-state index in [0.717, 1.165) is 11.8 Å². The number of benzene rings is 1. The first-order chi connectivity index (χ1) is 8.93. The SMILES string of the molecule is COc1cc(Cl)cc(C(O)C(O)CCSC(C)=O)c1. The molecule has 2 atom stereocenters. The molecule has 0 fully saturated rings. The van der Waals surface area contributed by atoms with Crippen LogP contribution >= 0.6 is 23.4 Å². The maximum atomic E-state index is 10.8. The Bertz CT molecular complexity index is 439. The number of aliphatic hydroxyl groups is 2. The fourth-order valence-corrected chi connectivity index (χ4v) is 2.46. The van der Waals surface area contributed by atoms with Crippen molar-refractivity contribution in [2.24, 2.45) is 0 Å². The summed E-state index contributed by atoms with van der Waals surface area (Å²) in [5.41, 5.74) is 0.490. The molecule has 2 unspecified atom stereocenters. The zero-order valence-electron chi connectivity index (χ0n) is 10.8. The summed E-state index contributed by atoms with van der Waals surface area (Å²) in [4.78, 5) is 10.8. The standard InChI is InChI=1S/C13H17ClO4S/c1-8(15)19-4-3-12(16)13(17)9-5-10(14)7-11(6-9)18-2/h5-7,12-13,16-17H,3-4H2,1-2H3. The summed E-state index contributed by atoms with van der Waals surface area (Å²) in [6.07, 6.45) is -1.68. The molecule has 6 heteroatoms. The molecule has 0 aliphatic heterocycles. The third kappa shape index (κ3) is 5.40. The molecule has 4 nitrogen and oxygen atoms in total. The minimum Gasteiger partial charge on any atom is -0.497 e. The van der Waals surface area contributed by atoms with Crippen molar-refractivity contribution in [1.29, 1.82) is 0 Å². The number of methoxy groups -OCH3 is 1. The summed E-state index contributed by atoms with van der Waals surface area (Å²) < 4.78 is 5.05. The van der Waals surface area contributed by atoms with E-state index >= 15 is 0 Å². The van der Waals surface area contributed by atoms with Crippen molar-refractivity contribution in [3.63, 3.8) is 0 Å². The first-order valence-corrected chi connectivity index (χ1v) is 7.14. The lowest BCUT2D eigenvalue weighted by molar-refractivity contribution is -0.109. The largest absolute Gasteiger partial charge is 0.497 e. The maximum absolute atomic E-state index is 10.8. The smallest absolute Gasteiger partial charge is 0.185 e. The third-order valence-corrected chi connectivity index (χ3v) is 3.62. The van der Waals surface area contributed by atoms with Gasteiger partial charge < -0.3 is 14.9 Å². The molecule has 0 aromatic heterocycles. The average molecular weight is 305 g/mol. The van der Waals surface area contributed by atoms with Crippen LogP contribution in [0.1, 0.15) is 25.0 Å². The molecule has 0 amide bonds. The molecule has 1 rings (SSSR count). The fourth-order valence-electron chi connectivity index (χ4n) is 1.58. The highest BCUT2D eigenvalue weighted by atomic mass is 35.5. The molecule has 1 aromatic rings. The van der Waals surface area contributed by atoms with Crippen LogP contribution in [0.15, 0.2) is 18.2 Å². The van der Waals surface area contributed by atoms with Crippen LogP contribution in [-0.2, 0) is 4.79 Å². The number of carbonyl (C=O) groups is 1. The van der Waals surface area contributed by atoms with E-state index in [1.807, 2.05) is 0 Å². The second-order valence-electron chi connectivity index (χ2n) is 4.07. The van der Waals surface area contributed by atoms with Crippen molar-refractivity contribution in [3.8, 4) is 5.75 Å². The molecule has 0 aliphatic carbocycles. The molecule has 106 valence electrons. The highest BCUT2D eigenvalue weighted by Gasteiger charge is 2.19. The van der Waals surface area contributed by atoms with E-state index in [-0.39, 0.29) is 5.12 Å². The molecule has 1 aromatic carbocycles. The minimum absolute atomic E-state index is 0.00823. The van der Waals surface area contributed by atoms with Gasteiger partial charge in [0.15, 0.2) is 5.12 Å². The topological polar surface area (TPSA) is 66.8 Å². The Hall–Kier alpha value is -0.750. The normalized spacial score (nSPS) is 13.9. The number of ether oxygens (including phenoxy) is 1. The summed E-state index contributed by atoms with van der Waals surface area (Å²) in [6, 6.07) is 4.82. The summed E-state index contributed by atoms with van der Waals surface area (Å²) >= 11 is 7.02. The first-order valence-electron chi connectivity index (χ1n) is 5.78. The minimum atomic E-state index is -1.06. The zero-order valence-corrected chi connectivity index (χ0v) is 12.4. The lowest BCUT2D eigenvalue weighted by atomic mass is 10.0. The van der Waals surface area contributed by atoms with Crippen molar-refractivity contribution < 1.29 is 19.7 Å². The van der Waals surface area contributed by atoms with Crippen molar-refractivity contribution in [1.82, 2.24) is 0 Å². The molecule has 19 heavy (non-hydrogen) atoms. The van der Waals surface area contributed by atoms with Crippen LogP contribution < -0.4 is 4.74 Å². The van der Waals surface area contributed by atoms with Gasteiger partial charge in [0.1, 0.15) is 11.9 Å². The van der Waals surface area contributed by atoms with Gasteiger partial charge in [-0.2, -0.15) is 0 Å². The van der Waals surface area contributed by atoms with Crippen LogP contribution in [-0.4, -0.2) is 34.3 Å². The molecular formula is C13H17ClO4S. The third-order valence-electron chi connectivity index (χ3n) is 2.55. The van der Waals surface area contributed by atoms with Gasteiger partial charge in [0, 0.05) is 17.7 Å². The molecule has 0 radical (unpaired) electrons. The molecular weight excluding hydrogens is 288 g/mol. The predicted octanol–water partition coefficient (Wildman–Crippen LogP) is 2.41. The number of thioether (sulfide) groups is 1. The number of halogens is 1. The molecule has 2 N–H and O–H groups in total. The molecule has 0 spiro atoms. The number of hydrogen-bond acceptors (Lipinski definition) is 5. The number of aliphatic hydroxyl groups excluding tert-OH is 2. The van der Waals surface area contributed by atoms with Gasteiger partial charge in [-0.3, -0.25) is 4.79 Å². The highest BCUT2D eigenvalue weighted by Crippen LogP contribution is 2.27. The van der Waals surface area contributed by atoms with Gasteiger partial charge in [0.25, 0.3) is 0 Å². The highest BCUT2D eigenvalue weighted by molar-refractivity contribution is 8.13. The van der Waals surface area contributed by atoms with E-state index in [1.54, 1.807) is 18.2 Å². The van der Waals surface area contributed by atoms with Crippen molar-refractivity contribution >= 4 is 28.5 Å². The quantitative estimate of drug-likeness (QED) is 0.845. The Morgan fingerprint density at radius 1 is 1.42 bits per heavy atom. The van der Waals surface area contributed by atoms with Crippen molar-refractivity contribution in [3.05, 3.63) is 28.8 Å². The molecule has 0 saturated heterocycles. The van der Waals surface area contributed by atoms with Gasteiger partial charge >= 0.3 is 0 Å². The van der Waals surface area contributed by atoms with Crippen molar-refractivity contribution in [2.75, 3.05) is 12.9 Å². The molecule has 0 aliphatic rings. The summed E-state index contributed by atoms with van der Waals surface area (Å²) in [7, 11) is 1.50. The lowest BCUT2D eigenvalue weighted by Crippen LogP contribution is -2.19. The Kier molecular flexibility index (Phi) is 6.65. The van der Waals surface area contributed by atoms with Gasteiger partial charge in [-0.15, -0.1) is 0 Å². The summed E-state index contributed by atoms with van der Waals surface area (Å²) in [5, 5.41) is 20.3. The van der Waals surface area contributed by atoms with E-state index in [9.17, 15) is 15.0 Å². The van der Waals surface area contributed by atoms with E-state index in [1.165, 1.54) is 14.0 Å². The van der Waals surface area contributed by atoms with Crippen LogP contribution in [0.2, 0.25) is 5.02 Å². The Morgan fingerprint density at radius 3 is 2.68 bits per heavy atom. The second-order valence-corrected chi connectivity index (χ2v) is 5.77. The molecule has 0 saturated carbocycles. The van der Waals surface area contributed by atoms with Gasteiger partial charge in [-0.25, -0.2) is 0 Å². The van der Waals surface area contributed by atoms with E-state index < -0.39 is 12.2 Å². The predicted molar refractivity (Wildman–Crippen MR) is 76.7 cm³/mol.